The Morgan fingerprint density at radius 2 is 1.93 bits per heavy atom. The average molecular weight is 599 g/mol. The van der Waals surface area contributed by atoms with Crippen LogP contribution in [0.2, 0.25) is 0 Å². The van der Waals surface area contributed by atoms with Crippen molar-refractivity contribution in [2.45, 2.75) is 44.7 Å². The predicted molar refractivity (Wildman–Crippen MR) is 170 cm³/mol. The van der Waals surface area contributed by atoms with Gasteiger partial charge in [-0.25, -0.2) is 4.98 Å². The van der Waals surface area contributed by atoms with Crippen molar-refractivity contribution < 1.29 is 14.3 Å². The number of likely N-dealkylation sites (N-methyl/N-ethyl adjacent to an activating group) is 2. The molecule has 0 radical (unpaired) electrons. The van der Waals surface area contributed by atoms with E-state index in [0.29, 0.717) is 44.4 Å². The summed E-state index contributed by atoms with van der Waals surface area (Å²) in [5.41, 5.74) is 2.12. The van der Waals surface area contributed by atoms with Crippen molar-refractivity contribution in [2.75, 3.05) is 64.2 Å². The molecule has 2 N–H and O–H groups in total. The van der Waals surface area contributed by atoms with Crippen LogP contribution in [0.25, 0.3) is 0 Å². The van der Waals surface area contributed by atoms with Crippen LogP contribution in [-0.2, 0) is 14.3 Å². The molecule has 3 atom stereocenters. The predicted octanol–water partition coefficient (Wildman–Crippen LogP) is 2.92. The number of morpholine rings is 1. The zero-order valence-electron chi connectivity index (χ0n) is 26.0. The number of nitrogens with one attached hydrogen (secondary N) is 2. The summed E-state index contributed by atoms with van der Waals surface area (Å²) in [6.45, 7) is 5.06. The number of benzene rings is 1. The lowest BCUT2D eigenvalue weighted by atomic mass is 9.86. The molecule has 1 aromatic heterocycles. The van der Waals surface area contributed by atoms with Crippen LogP contribution in [0.1, 0.15) is 43.7 Å². The van der Waals surface area contributed by atoms with Crippen LogP contribution in [0, 0.1) is 29.1 Å². The van der Waals surface area contributed by atoms with Gasteiger partial charge in [0.2, 0.25) is 17.8 Å². The molecule has 0 unspecified atom stereocenters. The lowest BCUT2D eigenvalue weighted by molar-refractivity contribution is -0.135. The fraction of sp³-hybridized carbons (Fsp3) is 0.485. The van der Waals surface area contributed by atoms with E-state index in [2.05, 4.69) is 38.4 Å². The van der Waals surface area contributed by atoms with Crippen LogP contribution < -0.4 is 15.5 Å². The van der Waals surface area contributed by atoms with Gasteiger partial charge in [-0.3, -0.25) is 9.59 Å². The Bertz CT molecular complexity index is 1420. The minimum absolute atomic E-state index is 0.000235. The second-order valence-electron chi connectivity index (χ2n) is 11.5. The quantitative estimate of drug-likeness (QED) is 0.331. The molecule has 1 aliphatic carbocycles. The number of nitriles is 1. The molecule has 0 spiro atoms. The van der Waals surface area contributed by atoms with Crippen LogP contribution in [-0.4, -0.2) is 97.7 Å². The highest BCUT2D eigenvalue weighted by molar-refractivity contribution is 5.92. The molecule has 11 heteroatoms. The third-order valence-electron chi connectivity index (χ3n) is 7.82. The maximum absolute atomic E-state index is 13.0. The maximum atomic E-state index is 13.0. The highest BCUT2D eigenvalue weighted by Gasteiger charge is 2.27. The smallest absolute Gasteiger partial charge is 0.246 e. The molecule has 2 aliphatic rings. The first-order valence-corrected chi connectivity index (χ1v) is 15.1. The molecule has 11 nitrogen and oxygen atoms in total. The number of hydrogen-bond acceptors (Lipinski definition) is 9. The van der Waals surface area contributed by atoms with Gasteiger partial charge in [-0.2, -0.15) is 10.2 Å². The molecule has 232 valence electrons. The highest BCUT2D eigenvalue weighted by atomic mass is 16.5. The zero-order chi connectivity index (χ0) is 31.5. The molecule has 1 saturated heterocycles. The van der Waals surface area contributed by atoms with E-state index >= 15 is 0 Å². The second-order valence-corrected chi connectivity index (χ2v) is 11.5. The summed E-state index contributed by atoms with van der Waals surface area (Å²) < 4.78 is 5.55. The van der Waals surface area contributed by atoms with Gasteiger partial charge in [-0.05, 0) is 64.5 Å². The summed E-state index contributed by atoms with van der Waals surface area (Å²) in [5, 5.41) is 15.4. The largest absolute Gasteiger partial charge is 0.378 e. The van der Waals surface area contributed by atoms with Crippen LogP contribution in [0.4, 0.5) is 17.5 Å². The first-order valence-electron chi connectivity index (χ1n) is 15.1. The molecule has 1 saturated carbocycles. The molecular weight excluding hydrogens is 556 g/mol. The summed E-state index contributed by atoms with van der Waals surface area (Å²) in [7, 11) is 5.52. The lowest BCUT2D eigenvalue weighted by Crippen LogP contribution is -2.49. The average Bonchev–Trinajstić information content (AvgIpc) is 3.04. The number of nitrogens with zero attached hydrogens (tertiary/aromatic N) is 6. The van der Waals surface area contributed by atoms with Gasteiger partial charge in [0.1, 0.15) is 11.9 Å². The van der Waals surface area contributed by atoms with Crippen LogP contribution in [0.3, 0.4) is 0 Å². The van der Waals surface area contributed by atoms with Gasteiger partial charge in [-0.15, -0.1) is 0 Å². The summed E-state index contributed by atoms with van der Waals surface area (Å²) >= 11 is 0. The summed E-state index contributed by atoms with van der Waals surface area (Å²) in [6.07, 6.45) is 8.60. The molecule has 1 aliphatic heterocycles. The van der Waals surface area contributed by atoms with E-state index in [9.17, 15) is 9.59 Å². The monoisotopic (exact) mass is 598 g/mol. The van der Waals surface area contributed by atoms with Crippen molar-refractivity contribution in [1.29, 1.82) is 5.26 Å². The Morgan fingerprint density at radius 3 is 2.64 bits per heavy atom. The topological polar surface area (TPSA) is 127 Å². The van der Waals surface area contributed by atoms with E-state index in [1.165, 1.54) is 11.0 Å². The third kappa shape index (κ3) is 9.27. The maximum Gasteiger partial charge on any atom is 0.246 e. The van der Waals surface area contributed by atoms with Crippen LogP contribution >= 0.6 is 0 Å². The minimum Gasteiger partial charge on any atom is -0.378 e. The van der Waals surface area contributed by atoms with Crippen LogP contribution in [0.5, 0.6) is 0 Å². The summed E-state index contributed by atoms with van der Waals surface area (Å²) in [6, 6.07) is 8.67. The van der Waals surface area contributed by atoms with Crippen LogP contribution in [0.15, 0.2) is 42.6 Å². The molecular formula is C33H42N8O3. The molecule has 2 heterocycles. The number of rotatable bonds is 9. The van der Waals surface area contributed by atoms with Gasteiger partial charge in [-0.1, -0.05) is 24.3 Å². The lowest BCUT2D eigenvalue weighted by Gasteiger charge is -2.30. The van der Waals surface area contributed by atoms with E-state index in [1.807, 2.05) is 31.1 Å². The third-order valence-corrected chi connectivity index (χ3v) is 7.82. The van der Waals surface area contributed by atoms with Gasteiger partial charge in [0.05, 0.1) is 36.6 Å². The molecule has 2 fully saturated rings. The first-order chi connectivity index (χ1) is 21.2. The van der Waals surface area contributed by atoms with Gasteiger partial charge >= 0.3 is 0 Å². The summed E-state index contributed by atoms with van der Waals surface area (Å²) in [4.78, 5) is 40.4. The summed E-state index contributed by atoms with van der Waals surface area (Å²) in [5.74, 6) is 7.76. The van der Waals surface area contributed by atoms with E-state index in [1.54, 1.807) is 38.4 Å². The Labute approximate surface area is 260 Å². The fourth-order valence-corrected chi connectivity index (χ4v) is 5.10. The molecule has 4 rings (SSSR count). The van der Waals surface area contributed by atoms with E-state index < -0.39 is 6.04 Å². The molecule has 0 bridgehead atoms. The molecule has 44 heavy (non-hydrogen) atoms. The Hall–Kier alpha value is -4.45. The molecule has 1 aromatic carbocycles. The minimum atomic E-state index is -0.581. The Kier molecular flexibility index (Phi) is 11.7. The molecule has 2 amide bonds. The number of ether oxygens (including phenoxy) is 1. The first kappa shape index (κ1) is 32.5. The fourth-order valence-electron chi connectivity index (χ4n) is 5.10. The van der Waals surface area contributed by atoms with E-state index in [4.69, 9.17) is 15.0 Å². The van der Waals surface area contributed by atoms with Gasteiger partial charge in [0, 0.05) is 50.4 Å². The number of carbonyl (C=O) groups is 2. The zero-order valence-corrected chi connectivity index (χ0v) is 26.0. The van der Waals surface area contributed by atoms with Crippen molar-refractivity contribution in [3.8, 4) is 17.9 Å². The Balaban J connectivity index is 1.41. The van der Waals surface area contributed by atoms with E-state index in [-0.39, 0.29) is 23.8 Å². The number of amides is 2. The molecule has 2 aromatic rings. The second kappa shape index (κ2) is 15.9. The standard InChI is InChI=1S/C33H42N8O3/c1-24(40(4)30(42)9-6-16-39(2)3)32(43)36-29-8-5-7-25(21-29)10-13-27-23-35-33(37-28-14-11-26(22-34)12-15-28)38-31(27)41-17-19-44-20-18-41/h6,9,11-12,14-15,23-25,29H,5,7-8,16-21H2,1-4H3,(H,36,43)(H,35,37,38)/t24-,25-,29-/m0/s1. The normalized spacial score (nSPS) is 19.0. The number of hydrogen-bond donors (Lipinski definition) is 2. The van der Waals surface area contributed by atoms with Gasteiger partial charge in [0.15, 0.2) is 0 Å². The van der Waals surface area contributed by atoms with Gasteiger partial charge < -0.3 is 30.1 Å². The van der Waals surface area contributed by atoms with Crippen molar-refractivity contribution in [1.82, 2.24) is 25.1 Å². The van der Waals surface area contributed by atoms with Crippen molar-refractivity contribution in [3.63, 3.8) is 0 Å². The number of anilines is 3. The number of aromatic nitrogens is 2. The van der Waals surface area contributed by atoms with E-state index in [0.717, 1.165) is 42.8 Å². The highest BCUT2D eigenvalue weighted by Crippen LogP contribution is 2.26. The van der Waals surface area contributed by atoms with Crippen molar-refractivity contribution in [3.05, 3.63) is 53.7 Å². The Morgan fingerprint density at radius 1 is 1.18 bits per heavy atom. The number of carbonyl (C=O) groups excluding carboxylic acids is 2. The van der Waals surface area contributed by atoms with Crippen molar-refractivity contribution in [2.24, 2.45) is 5.92 Å². The van der Waals surface area contributed by atoms with Crippen molar-refractivity contribution >= 4 is 29.3 Å². The SMILES string of the molecule is C[C@@H](C(=O)N[C@H]1CCC[C@@H](C#Cc2cnc(Nc3ccc(C#N)cc3)nc2N2CCOCC2)C1)N(C)C(=O)C=CCN(C)C. The van der Waals surface area contributed by atoms with Gasteiger partial charge in [0.25, 0.3) is 0 Å².